The molecule has 0 heterocycles. The van der Waals surface area contributed by atoms with E-state index in [-0.39, 0.29) is 11.5 Å². The summed E-state index contributed by atoms with van der Waals surface area (Å²) in [5.41, 5.74) is 0.0346. The Morgan fingerprint density at radius 2 is 1.64 bits per heavy atom. The fraction of sp³-hybridized carbons (Fsp3) is 1.00. The third-order valence-electron chi connectivity index (χ3n) is 3.04. The van der Waals surface area contributed by atoms with Gasteiger partial charge in [-0.2, -0.15) is 0 Å². The molecule has 0 saturated carbocycles. The molecule has 0 rings (SSSR count). The quantitative estimate of drug-likeness (QED) is 0.643. The Kier molecular flexibility index (Phi) is 6.43. The molecule has 14 heavy (non-hydrogen) atoms. The highest BCUT2D eigenvalue weighted by Crippen LogP contribution is 2.30. The van der Waals surface area contributed by atoms with Crippen molar-refractivity contribution in [3.63, 3.8) is 0 Å². The molecule has 2 atom stereocenters. The van der Waals surface area contributed by atoms with Crippen molar-refractivity contribution in [2.45, 2.75) is 72.8 Å². The van der Waals surface area contributed by atoms with Gasteiger partial charge in [0, 0.05) is 0 Å². The summed E-state index contributed by atoms with van der Waals surface area (Å²) >= 11 is 0. The van der Waals surface area contributed by atoms with E-state index >= 15 is 0 Å². The van der Waals surface area contributed by atoms with Gasteiger partial charge in [0.25, 0.3) is 0 Å². The Hall–Kier alpha value is -0.0400. The summed E-state index contributed by atoms with van der Waals surface area (Å²) in [7, 11) is 0. The Bertz CT molecular complexity index is 135. The average molecular weight is 200 g/mol. The molecule has 0 amide bonds. The van der Waals surface area contributed by atoms with E-state index in [9.17, 15) is 5.11 Å². The molecular formula is C13H28O. The molecular weight excluding hydrogens is 172 g/mol. The molecule has 2 unspecified atom stereocenters. The van der Waals surface area contributed by atoms with Gasteiger partial charge in [-0.05, 0) is 17.8 Å². The Labute approximate surface area is 89.9 Å². The molecule has 0 aliphatic rings. The van der Waals surface area contributed by atoms with E-state index in [4.69, 9.17) is 0 Å². The number of aliphatic hydroxyl groups is 1. The van der Waals surface area contributed by atoms with E-state index in [0.29, 0.717) is 5.92 Å². The summed E-state index contributed by atoms with van der Waals surface area (Å²) in [4.78, 5) is 0. The third-order valence-corrected chi connectivity index (χ3v) is 3.04. The second-order valence-corrected chi connectivity index (χ2v) is 5.47. The van der Waals surface area contributed by atoms with Gasteiger partial charge in [-0.15, -0.1) is 0 Å². The molecule has 0 aromatic rings. The van der Waals surface area contributed by atoms with Gasteiger partial charge >= 0.3 is 0 Å². The van der Waals surface area contributed by atoms with Crippen LogP contribution >= 0.6 is 0 Å². The third kappa shape index (κ3) is 4.99. The lowest BCUT2D eigenvalue weighted by molar-refractivity contribution is 0.00609. The SMILES string of the molecule is CCCCCC(CC)C(O)C(C)(C)C. The van der Waals surface area contributed by atoms with E-state index in [0.717, 1.165) is 6.42 Å². The van der Waals surface area contributed by atoms with Crippen LogP contribution in [0.1, 0.15) is 66.7 Å². The standard InChI is InChI=1S/C13H28O/c1-6-8-9-10-11(7-2)12(14)13(3,4)5/h11-12,14H,6-10H2,1-5H3. The minimum absolute atomic E-state index is 0.0346. The molecule has 0 fully saturated rings. The number of unbranched alkanes of at least 4 members (excludes halogenated alkanes) is 2. The maximum Gasteiger partial charge on any atom is 0.0616 e. The zero-order valence-corrected chi connectivity index (χ0v) is 10.6. The molecule has 0 aliphatic carbocycles. The van der Waals surface area contributed by atoms with Crippen LogP contribution in [0.2, 0.25) is 0 Å². The number of aliphatic hydroxyl groups excluding tert-OH is 1. The number of hydrogen-bond donors (Lipinski definition) is 1. The van der Waals surface area contributed by atoms with Crippen molar-refractivity contribution in [1.82, 2.24) is 0 Å². The van der Waals surface area contributed by atoms with E-state index < -0.39 is 0 Å². The summed E-state index contributed by atoms with van der Waals surface area (Å²) in [6.45, 7) is 10.8. The highest BCUT2D eigenvalue weighted by atomic mass is 16.3. The summed E-state index contributed by atoms with van der Waals surface area (Å²) in [5, 5.41) is 10.1. The van der Waals surface area contributed by atoms with Crippen LogP contribution in [0, 0.1) is 11.3 Å². The van der Waals surface area contributed by atoms with E-state index in [2.05, 4.69) is 34.6 Å². The van der Waals surface area contributed by atoms with Gasteiger partial charge in [0.05, 0.1) is 6.10 Å². The summed E-state index contributed by atoms with van der Waals surface area (Å²) in [5.74, 6) is 0.488. The highest BCUT2D eigenvalue weighted by Gasteiger charge is 2.28. The summed E-state index contributed by atoms with van der Waals surface area (Å²) < 4.78 is 0. The fourth-order valence-electron chi connectivity index (χ4n) is 1.95. The maximum absolute atomic E-state index is 10.1. The van der Waals surface area contributed by atoms with Crippen molar-refractivity contribution in [3.8, 4) is 0 Å². The first-order valence-corrected chi connectivity index (χ1v) is 6.11. The highest BCUT2D eigenvalue weighted by molar-refractivity contribution is 4.79. The van der Waals surface area contributed by atoms with Crippen LogP contribution in [0.5, 0.6) is 0 Å². The van der Waals surface area contributed by atoms with Crippen LogP contribution in [-0.4, -0.2) is 11.2 Å². The average Bonchev–Trinajstić information content (AvgIpc) is 2.10. The van der Waals surface area contributed by atoms with Crippen molar-refractivity contribution in [2.75, 3.05) is 0 Å². The van der Waals surface area contributed by atoms with E-state index in [1.54, 1.807) is 0 Å². The van der Waals surface area contributed by atoms with Crippen LogP contribution in [-0.2, 0) is 0 Å². The van der Waals surface area contributed by atoms with E-state index in [1.807, 2.05) is 0 Å². The smallest absolute Gasteiger partial charge is 0.0616 e. The summed E-state index contributed by atoms with van der Waals surface area (Å²) in [6.07, 6.45) is 5.96. The maximum atomic E-state index is 10.1. The first-order chi connectivity index (χ1) is 6.43. The molecule has 1 nitrogen and oxygen atoms in total. The minimum atomic E-state index is -0.149. The Morgan fingerprint density at radius 3 is 2.00 bits per heavy atom. The van der Waals surface area contributed by atoms with E-state index in [1.165, 1.54) is 25.7 Å². The number of hydrogen-bond acceptors (Lipinski definition) is 1. The monoisotopic (exact) mass is 200 g/mol. The topological polar surface area (TPSA) is 20.2 Å². The van der Waals surface area contributed by atoms with Gasteiger partial charge in [0.2, 0.25) is 0 Å². The molecule has 0 spiro atoms. The Morgan fingerprint density at radius 1 is 1.07 bits per heavy atom. The van der Waals surface area contributed by atoms with Crippen molar-refractivity contribution in [2.24, 2.45) is 11.3 Å². The lowest BCUT2D eigenvalue weighted by Gasteiger charge is -2.32. The molecule has 0 radical (unpaired) electrons. The van der Waals surface area contributed by atoms with Crippen molar-refractivity contribution in [1.29, 1.82) is 0 Å². The second-order valence-electron chi connectivity index (χ2n) is 5.47. The van der Waals surface area contributed by atoms with Crippen LogP contribution in [0.4, 0.5) is 0 Å². The largest absolute Gasteiger partial charge is 0.392 e. The molecule has 0 aliphatic heterocycles. The lowest BCUT2D eigenvalue weighted by atomic mass is 9.78. The second kappa shape index (κ2) is 6.44. The normalized spacial score (nSPS) is 16.7. The molecule has 1 heteroatoms. The Balaban J connectivity index is 3.99. The minimum Gasteiger partial charge on any atom is -0.392 e. The van der Waals surface area contributed by atoms with Gasteiger partial charge in [0.15, 0.2) is 0 Å². The zero-order valence-electron chi connectivity index (χ0n) is 10.6. The molecule has 0 aromatic heterocycles. The van der Waals surface area contributed by atoms with Gasteiger partial charge in [-0.3, -0.25) is 0 Å². The fourth-order valence-corrected chi connectivity index (χ4v) is 1.95. The van der Waals surface area contributed by atoms with Gasteiger partial charge < -0.3 is 5.11 Å². The first kappa shape index (κ1) is 14.0. The van der Waals surface area contributed by atoms with Crippen molar-refractivity contribution in [3.05, 3.63) is 0 Å². The van der Waals surface area contributed by atoms with Crippen molar-refractivity contribution >= 4 is 0 Å². The first-order valence-electron chi connectivity index (χ1n) is 6.11. The van der Waals surface area contributed by atoms with Gasteiger partial charge in [-0.1, -0.05) is 60.3 Å². The van der Waals surface area contributed by atoms with Gasteiger partial charge in [-0.25, -0.2) is 0 Å². The predicted molar refractivity (Wildman–Crippen MR) is 63.4 cm³/mol. The molecule has 1 N–H and O–H groups in total. The van der Waals surface area contributed by atoms with Gasteiger partial charge in [0.1, 0.15) is 0 Å². The predicted octanol–water partition coefficient (Wildman–Crippen LogP) is 4.00. The van der Waals surface area contributed by atoms with Crippen molar-refractivity contribution < 1.29 is 5.11 Å². The molecule has 0 saturated heterocycles. The zero-order chi connectivity index (χ0) is 11.2. The lowest BCUT2D eigenvalue weighted by Crippen LogP contribution is -2.33. The van der Waals surface area contributed by atoms with Crippen LogP contribution in [0.3, 0.4) is 0 Å². The van der Waals surface area contributed by atoms with Crippen LogP contribution in [0.25, 0.3) is 0 Å². The molecule has 86 valence electrons. The van der Waals surface area contributed by atoms with Crippen LogP contribution in [0.15, 0.2) is 0 Å². The number of rotatable bonds is 6. The summed E-state index contributed by atoms with van der Waals surface area (Å²) in [6, 6.07) is 0. The molecule has 0 bridgehead atoms. The molecule has 0 aromatic carbocycles. The van der Waals surface area contributed by atoms with Crippen LogP contribution < -0.4 is 0 Å².